The van der Waals surface area contributed by atoms with E-state index in [0.29, 0.717) is 0 Å². The molecule has 4 aromatic rings. The number of hydrogen-bond donors (Lipinski definition) is 2. The van der Waals surface area contributed by atoms with Crippen LogP contribution in [0.2, 0.25) is 0 Å². The van der Waals surface area contributed by atoms with Crippen LogP contribution in [0.5, 0.6) is 5.75 Å². The van der Waals surface area contributed by atoms with Gasteiger partial charge in [0.1, 0.15) is 5.75 Å². The number of para-hydroxylation sites is 2. The van der Waals surface area contributed by atoms with Gasteiger partial charge in [0.15, 0.2) is 6.10 Å². The lowest BCUT2D eigenvalue weighted by Gasteiger charge is -2.26. The highest BCUT2D eigenvalue weighted by molar-refractivity contribution is 5.88. The molecular formula is C20H15N3O. The third kappa shape index (κ3) is 2.04. The molecule has 1 unspecified atom stereocenters. The van der Waals surface area contributed by atoms with Crippen LogP contribution < -0.4 is 4.74 Å². The van der Waals surface area contributed by atoms with Crippen LogP contribution >= 0.6 is 0 Å². The Bertz CT molecular complexity index is 1010. The van der Waals surface area contributed by atoms with Gasteiger partial charge in [-0.25, -0.2) is 0 Å². The summed E-state index contributed by atoms with van der Waals surface area (Å²) in [5, 5.41) is 8.33. The molecule has 0 aliphatic carbocycles. The van der Waals surface area contributed by atoms with Gasteiger partial charge in [0.2, 0.25) is 0 Å². The number of aromatic nitrogens is 3. The molecule has 4 heteroatoms. The molecule has 1 aliphatic rings. The SMILES string of the molecule is C1=C(c2ccn[nH]2)C(c2cc3ccccc3[nH]2)Oc2ccccc21. The lowest BCUT2D eigenvalue weighted by Crippen LogP contribution is -2.14. The fourth-order valence-corrected chi connectivity index (χ4v) is 3.24. The van der Waals surface area contributed by atoms with E-state index < -0.39 is 0 Å². The number of ether oxygens (including phenoxy) is 1. The number of nitrogens with zero attached hydrogens (tertiary/aromatic N) is 1. The average molecular weight is 313 g/mol. The van der Waals surface area contributed by atoms with Gasteiger partial charge in [0.05, 0.1) is 11.4 Å². The summed E-state index contributed by atoms with van der Waals surface area (Å²) >= 11 is 0. The zero-order chi connectivity index (χ0) is 15.9. The highest BCUT2D eigenvalue weighted by Gasteiger charge is 2.27. The summed E-state index contributed by atoms with van der Waals surface area (Å²) in [6, 6.07) is 20.5. The van der Waals surface area contributed by atoms with E-state index in [1.54, 1.807) is 6.20 Å². The number of aromatic amines is 2. The predicted octanol–water partition coefficient (Wildman–Crippen LogP) is 4.57. The second-order valence-electron chi connectivity index (χ2n) is 5.92. The molecule has 24 heavy (non-hydrogen) atoms. The Labute approximate surface area is 138 Å². The molecule has 4 nitrogen and oxygen atoms in total. The molecule has 2 aromatic carbocycles. The van der Waals surface area contributed by atoms with Gasteiger partial charge in [-0.3, -0.25) is 5.10 Å². The third-order valence-corrected chi connectivity index (χ3v) is 4.40. The van der Waals surface area contributed by atoms with Crippen LogP contribution in [0.3, 0.4) is 0 Å². The summed E-state index contributed by atoms with van der Waals surface area (Å²) in [6.07, 6.45) is 3.73. The summed E-state index contributed by atoms with van der Waals surface area (Å²) in [4.78, 5) is 3.49. The lowest BCUT2D eigenvalue weighted by atomic mass is 9.97. The molecule has 3 heterocycles. The predicted molar refractivity (Wildman–Crippen MR) is 94.6 cm³/mol. The van der Waals surface area contributed by atoms with E-state index in [1.807, 2.05) is 36.4 Å². The van der Waals surface area contributed by atoms with E-state index in [-0.39, 0.29) is 6.10 Å². The summed E-state index contributed by atoms with van der Waals surface area (Å²) < 4.78 is 6.34. The van der Waals surface area contributed by atoms with E-state index >= 15 is 0 Å². The van der Waals surface area contributed by atoms with Crippen molar-refractivity contribution in [1.82, 2.24) is 15.2 Å². The molecule has 0 bridgehead atoms. The molecule has 0 amide bonds. The average Bonchev–Trinajstić information content (AvgIpc) is 3.30. The second kappa shape index (κ2) is 5.13. The van der Waals surface area contributed by atoms with Crippen molar-refractivity contribution in [3.05, 3.63) is 83.8 Å². The maximum Gasteiger partial charge on any atom is 0.166 e. The normalized spacial score (nSPS) is 16.5. The van der Waals surface area contributed by atoms with E-state index in [0.717, 1.165) is 33.8 Å². The molecule has 1 aliphatic heterocycles. The van der Waals surface area contributed by atoms with Crippen LogP contribution in [-0.4, -0.2) is 15.2 Å². The first-order valence-electron chi connectivity index (χ1n) is 7.93. The Balaban J connectivity index is 1.68. The van der Waals surface area contributed by atoms with Crippen LogP contribution in [0.4, 0.5) is 0 Å². The highest BCUT2D eigenvalue weighted by atomic mass is 16.5. The fourth-order valence-electron chi connectivity index (χ4n) is 3.24. The molecule has 5 rings (SSSR count). The van der Waals surface area contributed by atoms with Crippen LogP contribution in [-0.2, 0) is 0 Å². The summed E-state index contributed by atoms with van der Waals surface area (Å²) in [5.74, 6) is 0.893. The summed E-state index contributed by atoms with van der Waals surface area (Å²) in [6.45, 7) is 0. The molecule has 0 fully saturated rings. The van der Waals surface area contributed by atoms with Crippen LogP contribution in [0, 0.1) is 0 Å². The van der Waals surface area contributed by atoms with Gasteiger partial charge in [0.25, 0.3) is 0 Å². The van der Waals surface area contributed by atoms with Crippen LogP contribution in [0.1, 0.15) is 23.1 Å². The molecule has 0 spiro atoms. The zero-order valence-electron chi connectivity index (χ0n) is 12.9. The topological polar surface area (TPSA) is 53.7 Å². The van der Waals surface area contributed by atoms with Gasteiger partial charge >= 0.3 is 0 Å². The van der Waals surface area contributed by atoms with Crippen molar-refractivity contribution in [2.45, 2.75) is 6.10 Å². The van der Waals surface area contributed by atoms with Gasteiger partial charge in [-0.05, 0) is 35.7 Å². The molecule has 0 saturated heterocycles. The quantitative estimate of drug-likeness (QED) is 0.570. The number of rotatable bonds is 2. The molecule has 2 N–H and O–H groups in total. The molecule has 0 saturated carbocycles. The number of hydrogen-bond acceptors (Lipinski definition) is 2. The first-order valence-corrected chi connectivity index (χ1v) is 7.93. The van der Waals surface area contributed by atoms with Crippen molar-refractivity contribution in [1.29, 1.82) is 0 Å². The van der Waals surface area contributed by atoms with Crippen molar-refractivity contribution in [2.24, 2.45) is 0 Å². The molecule has 2 aromatic heterocycles. The molecule has 1 atom stereocenters. The van der Waals surface area contributed by atoms with E-state index in [4.69, 9.17) is 4.74 Å². The van der Waals surface area contributed by atoms with Crippen molar-refractivity contribution < 1.29 is 4.74 Å². The maximum atomic E-state index is 6.34. The maximum absolute atomic E-state index is 6.34. The minimum Gasteiger partial charge on any atom is -0.479 e. The third-order valence-electron chi connectivity index (χ3n) is 4.40. The van der Waals surface area contributed by atoms with Crippen molar-refractivity contribution in [3.8, 4) is 5.75 Å². The smallest absolute Gasteiger partial charge is 0.166 e. The Morgan fingerprint density at radius 3 is 2.71 bits per heavy atom. The molecule has 116 valence electrons. The first-order chi connectivity index (χ1) is 11.9. The van der Waals surface area contributed by atoms with E-state index in [9.17, 15) is 0 Å². The van der Waals surface area contributed by atoms with Crippen LogP contribution in [0.25, 0.3) is 22.6 Å². The lowest BCUT2D eigenvalue weighted by molar-refractivity contribution is 0.257. The Morgan fingerprint density at radius 1 is 0.958 bits per heavy atom. The van der Waals surface area contributed by atoms with E-state index in [1.165, 1.54) is 5.39 Å². The Hall–Kier alpha value is -3.27. The second-order valence-corrected chi connectivity index (χ2v) is 5.92. The van der Waals surface area contributed by atoms with Gasteiger partial charge in [0, 0.05) is 22.9 Å². The molecule has 0 radical (unpaired) electrons. The van der Waals surface area contributed by atoms with Crippen molar-refractivity contribution in [2.75, 3.05) is 0 Å². The fraction of sp³-hybridized carbons (Fsp3) is 0.0500. The van der Waals surface area contributed by atoms with E-state index in [2.05, 4.69) is 45.5 Å². The van der Waals surface area contributed by atoms with Gasteiger partial charge in [-0.15, -0.1) is 0 Å². The Kier molecular flexibility index (Phi) is 2.82. The monoisotopic (exact) mass is 313 g/mol. The number of fused-ring (bicyclic) bond motifs is 2. The first kappa shape index (κ1) is 13.2. The number of benzene rings is 2. The van der Waals surface area contributed by atoms with Gasteiger partial charge in [-0.1, -0.05) is 36.4 Å². The largest absolute Gasteiger partial charge is 0.479 e. The number of nitrogens with one attached hydrogen (secondary N) is 2. The van der Waals surface area contributed by atoms with Crippen molar-refractivity contribution >= 4 is 22.6 Å². The summed E-state index contributed by atoms with van der Waals surface area (Å²) in [7, 11) is 0. The molecular weight excluding hydrogens is 298 g/mol. The number of H-pyrrole nitrogens is 2. The standard InChI is InChI=1S/C20H15N3O/c1-3-7-16-13(5-1)12-18(22-16)20-15(17-9-10-21-23-17)11-14-6-2-4-8-19(14)24-20/h1-12,20,22H,(H,21,23). The van der Waals surface area contributed by atoms with Gasteiger partial charge in [-0.2, -0.15) is 5.10 Å². The summed E-state index contributed by atoms with van der Waals surface area (Å²) in [5.41, 5.74) is 5.26. The highest BCUT2D eigenvalue weighted by Crippen LogP contribution is 2.41. The minimum absolute atomic E-state index is 0.201. The minimum atomic E-state index is -0.201. The van der Waals surface area contributed by atoms with Crippen LogP contribution in [0.15, 0.2) is 66.9 Å². The van der Waals surface area contributed by atoms with Crippen molar-refractivity contribution in [3.63, 3.8) is 0 Å². The zero-order valence-corrected chi connectivity index (χ0v) is 12.9. The van der Waals surface area contributed by atoms with Gasteiger partial charge < -0.3 is 9.72 Å². The Morgan fingerprint density at radius 2 is 1.83 bits per heavy atom.